The first-order valence-electron chi connectivity index (χ1n) is 4.85. The highest BCUT2D eigenvalue weighted by atomic mass is 16.5. The van der Waals surface area contributed by atoms with Crippen LogP contribution in [0.25, 0.3) is 0 Å². The lowest BCUT2D eigenvalue weighted by atomic mass is 9.94. The Morgan fingerprint density at radius 2 is 2.36 bits per heavy atom. The van der Waals surface area contributed by atoms with E-state index in [0.29, 0.717) is 24.3 Å². The van der Waals surface area contributed by atoms with E-state index < -0.39 is 0 Å². The van der Waals surface area contributed by atoms with Crippen molar-refractivity contribution >= 4 is 0 Å². The molecule has 0 aliphatic carbocycles. The van der Waals surface area contributed by atoms with Gasteiger partial charge in [-0.25, -0.2) is 0 Å². The molecule has 1 aliphatic heterocycles. The van der Waals surface area contributed by atoms with E-state index in [2.05, 4.69) is 12.2 Å². The van der Waals surface area contributed by atoms with Crippen LogP contribution in [0, 0.1) is 0 Å². The van der Waals surface area contributed by atoms with Crippen LogP contribution >= 0.6 is 0 Å². The zero-order valence-electron chi connectivity index (χ0n) is 8.45. The second-order valence-electron chi connectivity index (χ2n) is 3.72. The summed E-state index contributed by atoms with van der Waals surface area (Å²) in [5.74, 6) is 1.54. The van der Waals surface area contributed by atoms with Gasteiger partial charge in [-0.3, -0.25) is 0 Å². The molecule has 2 N–H and O–H groups in total. The van der Waals surface area contributed by atoms with Gasteiger partial charge in [0.05, 0.1) is 6.61 Å². The van der Waals surface area contributed by atoms with Crippen LogP contribution in [0.15, 0.2) is 18.2 Å². The topological polar surface area (TPSA) is 41.5 Å². The molecule has 0 fully saturated rings. The van der Waals surface area contributed by atoms with Gasteiger partial charge in [-0.1, -0.05) is 0 Å². The lowest BCUT2D eigenvalue weighted by Crippen LogP contribution is -2.29. The van der Waals surface area contributed by atoms with Gasteiger partial charge in [0.15, 0.2) is 0 Å². The summed E-state index contributed by atoms with van der Waals surface area (Å²) in [5, 5.41) is 12.6. The number of ether oxygens (including phenoxy) is 1. The Balaban J connectivity index is 2.33. The third kappa shape index (κ3) is 1.44. The average molecular weight is 193 g/mol. The van der Waals surface area contributed by atoms with Crippen LogP contribution in [0.5, 0.6) is 11.5 Å². The van der Waals surface area contributed by atoms with Crippen molar-refractivity contribution in [2.24, 2.45) is 0 Å². The quantitative estimate of drug-likeness (QED) is 0.747. The molecule has 76 valence electrons. The summed E-state index contributed by atoms with van der Waals surface area (Å²) >= 11 is 0. The van der Waals surface area contributed by atoms with Crippen LogP contribution < -0.4 is 10.1 Å². The van der Waals surface area contributed by atoms with Crippen LogP contribution in [0.1, 0.15) is 18.4 Å². The molecule has 0 amide bonds. The Bertz CT molecular complexity index is 338. The maximum absolute atomic E-state index is 9.39. The second-order valence-corrected chi connectivity index (χ2v) is 3.72. The van der Waals surface area contributed by atoms with Crippen LogP contribution in [-0.2, 0) is 0 Å². The third-order valence-corrected chi connectivity index (χ3v) is 2.87. The molecule has 2 rings (SSSR count). The van der Waals surface area contributed by atoms with Gasteiger partial charge in [-0.15, -0.1) is 0 Å². The first-order valence-corrected chi connectivity index (χ1v) is 4.85. The molecule has 0 spiro atoms. The van der Waals surface area contributed by atoms with E-state index in [1.54, 1.807) is 12.1 Å². The van der Waals surface area contributed by atoms with Crippen LogP contribution in [0.3, 0.4) is 0 Å². The van der Waals surface area contributed by atoms with Crippen LogP contribution in [0.2, 0.25) is 0 Å². The average Bonchev–Trinajstić information content (AvgIpc) is 2.59. The maximum Gasteiger partial charge on any atom is 0.123 e. The molecular weight excluding hydrogens is 178 g/mol. The molecule has 1 aromatic rings. The molecule has 3 nitrogen and oxygen atoms in total. The number of phenolic OH excluding ortho intramolecular Hbond substituents is 1. The van der Waals surface area contributed by atoms with Crippen LogP contribution in [0.4, 0.5) is 0 Å². The van der Waals surface area contributed by atoms with Gasteiger partial charge in [-0.2, -0.15) is 0 Å². The SMILES string of the molecule is CNC(C)C1COc2ccc(O)cc21. The highest BCUT2D eigenvalue weighted by Crippen LogP contribution is 2.37. The standard InChI is InChI=1S/C11H15NO2/c1-7(12-2)10-6-14-11-4-3-8(13)5-9(10)11/h3-5,7,10,12-13H,6H2,1-2H3. The number of nitrogens with one attached hydrogen (secondary N) is 1. The highest BCUT2D eigenvalue weighted by Gasteiger charge is 2.28. The van der Waals surface area contributed by atoms with Crippen molar-refractivity contribution in [2.45, 2.75) is 18.9 Å². The summed E-state index contributed by atoms with van der Waals surface area (Å²) in [4.78, 5) is 0. The van der Waals surface area contributed by atoms with Crippen LogP contribution in [-0.4, -0.2) is 24.8 Å². The Kier molecular flexibility index (Phi) is 2.33. The maximum atomic E-state index is 9.39. The molecule has 1 heterocycles. The lowest BCUT2D eigenvalue weighted by Gasteiger charge is -2.17. The zero-order valence-corrected chi connectivity index (χ0v) is 8.45. The van der Waals surface area contributed by atoms with Crippen molar-refractivity contribution < 1.29 is 9.84 Å². The van der Waals surface area contributed by atoms with E-state index in [0.717, 1.165) is 11.3 Å². The van der Waals surface area contributed by atoms with Crippen molar-refractivity contribution in [3.8, 4) is 11.5 Å². The Morgan fingerprint density at radius 3 is 3.07 bits per heavy atom. The molecule has 2 unspecified atom stereocenters. The molecule has 1 aromatic carbocycles. The molecule has 0 aromatic heterocycles. The van der Waals surface area contributed by atoms with Gasteiger partial charge < -0.3 is 15.2 Å². The summed E-state index contributed by atoms with van der Waals surface area (Å²) in [5.41, 5.74) is 1.10. The number of benzene rings is 1. The molecule has 1 aliphatic rings. The minimum Gasteiger partial charge on any atom is -0.508 e. The molecule has 0 radical (unpaired) electrons. The summed E-state index contributed by atoms with van der Waals surface area (Å²) in [7, 11) is 1.94. The molecule has 0 saturated heterocycles. The summed E-state index contributed by atoms with van der Waals surface area (Å²) < 4.78 is 5.54. The molecule has 0 bridgehead atoms. The fourth-order valence-electron chi connectivity index (χ4n) is 1.84. The largest absolute Gasteiger partial charge is 0.508 e. The van der Waals surface area contributed by atoms with Crippen molar-refractivity contribution in [1.82, 2.24) is 5.32 Å². The highest BCUT2D eigenvalue weighted by molar-refractivity contribution is 5.45. The fourth-order valence-corrected chi connectivity index (χ4v) is 1.84. The van der Waals surface area contributed by atoms with Gasteiger partial charge in [0.1, 0.15) is 11.5 Å². The monoisotopic (exact) mass is 193 g/mol. The summed E-state index contributed by atoms with van der Waals surface area (Å²) in [6.45, 7) is 2.81. The van der Waals surface area contributed by atoms with Gasteiger partial charge >= 0.3 is 0 Å². The number of phenols is 1. The van der Waals surface area contributed by atoms with E-state index in [1.165, 1.54) is 0 Å². The van der Waals surface area contributed by atoms with E-state index >= 15 is 0 Å². The van der Waals surface area contributed by atoms with Crippen molar-refractivity contribution in [1.29, 1.82) is 0 Å². The Morgan fingerprint density at radius 1 is 1.57 bits per heavy atom. The molecule has 0 saturated carbocycles. The van der Waals surface area contributed by atoms with E-state index in [-0.39, 0.29) is 0 Å². The van der Waals surface area contributed by atoms with Crippen molar-refractivity contribution in [3.63, 3.8) is 0 Å². The molecule has 3 heteroatoms. The first kappa shape index (κ1) is 9.34. The van der Waals surface area contributed by atoms with Crippen molar-refractivity contribution in [3.05, 3.63) is 23.8 Å². The van der Waals surface area contributed by atoms with Gasteiger partial charge in [0.25, 0.3) is 0 Å². The lowest BCUT2D eigenvalue weighted by molar-refractivity contribution is 0.308. The van der Waals surface area contributed by atoms with E-state index in [9.17, 15) is 5.11 Å². The minimum absolute atomic E-state index is 0.308. The molecule has 14 heavy (non-hydrogen) atoms. The first-order chi connectivity index (χ1) is 6.72. The predicted molar refractivity (Wildman–Crippen MR) is 54.9 cm³/mol. The zero-order chi connectivity index (χ0) is 10.1. The normalized spacial score (nSPS) is 21.4. The third-order valence-electron chi connectivity index (χ3n) is 2.87. The van der Waals surface area contributed by atoms with E-state index in [1.807, 2.05) is 13.1 Å². The number of likely N-dealkylation sites (N-methyl/N-ethyl adjacent to an activating group) is 1. The number of aromatic hydroxyl groups is 1. The Labute approximate surface area is 83.7 Å². The van der Waals surface area contributed by atoms with E-state index in [4.69, 9.17) is 4.74 Å². The minimum atomic E-state index is 0.308. The summed E-state index contributed by atoms with van der Waals surface area (Å²) in [6, 6.07) is 5.64. The van der Waals surface area contributed by atoms with Gasteiger partial charge in [0, 0.05) is 17.5 Å². The van der Waals surface area contributed by atoms with Gasteiger partial charge in [0.2, 0.25) is 0 Å². The number of hydrogen-bond acceptors (Lipinski definition) is 3. The molecular formula is C11H15NO2. The summed E-state index contributed by atoms with van der Waals surface area (Å²) in [6.07, 6.45) is 0. The number of hydrogen-bond donors (Lipinski definition) is 2. The molecule has 2 atom stereocenters. The predicted octanol–water partition coefficient (Wildman–Crippen LogP) is 1.48. The number of fused-ring (bicyclic) bond motifs is 1. The fraction of sp³-hybridized carbons (Fsp3) is 0.455. The number of rotatable bonds is 2. The Hall–Kier alpha value is -1.22. The smallest absolute Gasteiger partial charge is 0.123 e. The second kappa shape index (κ2) is 3.50. The van der Waals surface area contributed by atoms with Crippen molar-refractivity contribution in [2.75, 3.05) is 13.7 Å². The van der Waals surface area contributed by atoms with Gasteiger partial charge in [-0.05, 0) is 32.2 Å².